The minimum absolute atomic E-state index is 0.0259. The summed E-state index contributed by atoms with van der Waals surface area (Å²) in [6, 6.07) is 1.53. The fraction of sp³-hybridized carbons (Fsp3) is 0.583. The van der Waals surface area contributed by atoms with Crippen LogP contribution in [0.2, 0.25) is 0 Å². The van der Waals surface area contributed by atoms with Gasteiger partial charge in [0.05, 0.1) is 24.0 Å². The lowest BCUT2D eigenvalue weighted by Crippen LogP contribution is -2.40. The van der Waals surface area contributed by atoms with Crippen molar-refractivity contribution in [2.75, 3.05) is 19.7 Å². The SMILES string of the molecule is O=C(O)CCOC1CCN(S(=O)(=O)c2cc[nH]c2)CC1. The summed E-state index contributed by atoms with van der Waals surface area (Å²) in [7, 11) is -3.42. The molecule has 1 saturated heterocycles. The van der Waals surface area contributed by atoms with Gasteiger partial charge in [0.15, 0.2) is 0 Å². The second-order valence-corrected chi connectivity index (χ2v) is 6.60. The molecule has 0 unspecified atom stereocenters. The maximum absolute atomic E-state index is 12.2. The van der Waals surface area contributed by atoms with E-state index in [2.05, 4.69) is 4.98 Å². The number of aliphatic carboxylic acids is 1. The first-order chi connectivity index (χ1) is 9.50. The molecule has 2 rings (SSSR count). The van der Waals surface area contributed by atoms with E-state index in [1.165, 1.54) is 16.6 Å². The largest absolute Gasteiger partial charge is 0.481 e. The maximum Gasteiger partial charge on any atom is 0.305 e. The van der Waals surface area contributed by atoms with E-state index in [1.54, 1.807) is 6.20 Å². The number of rotatable bonds is 6. The Labute approximate surface area is 117 Å². The van der Waals surface area contributed by atoms with Gasteiger partial charge in [-0.25, -0.2) is 8.42 Å². The van der Waals surface area contributed by atoms with Gasteiger partial charge < -0.3 is 14.8 Å². The summed E-state index contributed by atoms with van der Waals surface area (Å²) in [5.41, 5.74) is 0. The zero-order chi connectivity index (χ0) is 14.6. The molecular weight excluding hydrogens is 284 g/mol. The number of hydrogen-bond donors (Lipinski definition) is 2. The molecule has 0 bridgehead atoms. The van der Waals surface area contributed by atoms with E-state index in [4.69, 9.17) is 9.84 Å². The number of nitrogens with zero attached hydrogens (tertiary/aromatic N) is 1. The fourth-order valence-corrected chi connectivity index (χ4v) is 3.62. The van der Waals surface area contributed by atoms with Crippen molar-refractivity contribution in [1.82, 2.24) is 9.29 Å². The van der Waals surface area contributed by atoms with Gasteiger partial charge in [0.2, 0.25) is 10.0 Å². The van der Waals surface area contributed by atoms with Crippen molar-refractivity contribution in [3.05, 3.63) is 18.5 Å². The van der Waals surface area contributed by atoms with Crippen molar-refractivity contribution in [2.24, 2.45) is 0 Å². The number of ether oxygens (including phenoxy) is 1. The van der Waals surface area contributed by atoms with E-state index in [1.807, 2.05) is 0 Å². The Morgan fingerprint density at radius 1 is 1.45 bits per heavy atom. The van der Waals surface area contributed by atoms with E-state index in [0.717, 1.165) is 0 Å². The van der Waals surface area contributed by atoms with Crippen LogP contribution in [0.25, 0.3) is 0 Å². The van der Waals surface area contributed by atoms with Crippen molar-refractivity contribution in [3.8, 4) is 0 Å². The Morgan fingerprint density at radius 2 is 2.15 bits per heavy atom. The number of aromatic amines is 1. The van der Waals surface area contributed by atoms with E-state index < -0.39 is 16.0 Å². The molecule has 2 heterocycles. The predicted octanol–water partition coefficient (Wildman–Crippen LogP) is 0.659. The molecule has 20 heavy (non-hydrogen) atoms. The zero-order valence-electron chi connectivity index (χ0n) is 11.0. The van der Waals surface area contributed by atoms with Crippen LogP contribution in [0.1, 0.15) is 19.3 Å². The molecule has 8 heteroatoms. The molecule has 112 valence electrons. The molecule has 0 aliphatic carbocycles. The molecule has 1 aliphatic heterocycles. The van der Waals surface area contributed by atoms with Crippen LogP contribution in [0.5, 0.6) is 0 Å². The highest BCUT2D eigenvalue weighted by Crippen LogP contribution is 2.21. The molecule has 0 radical (unpaired) electrons. The molecule has 0 atom stereocenters. The van der Waals surface area contributed by atoms with Gasteiger partial charge in [-0.05, 0) is 18.9 Å². The van der Waals surface area contributed by atoms with Crippen LogP contribution in [0.4, 0.5) is 0 Å². The van der Waals surface area contributed by atoms with E-state index in [9.17, 15) is 13.2 Å². The van der Waals surface area contributed by atoms with Gasteiger partial charge in [0.1, 0.15) is 0 Å². The van der Waals surface area contributed by atoms with Gasteiger partial charge in [-0.3, -0.25) is 4.79 Å². The molecule has 2 N–H and O–H groups in total. The number of sulfonamides is 1. The first-order valence-corrected chi connectivity index (χ1v) is 7.90. The number of H-pyrrole nitrogens is 1. The van der Waals surface area contributed by atoms with Crippen molar-refractivity contribution in [3.63, 3.8) is 0 Å². The molecule has 0 aromatic carbocycles. The Hall–Kier alpha value is -1.38. The average Bonchev–Trinajstić information content (AvgIpc) is 2.93. The average molecular weight is 302 g/mol. The number of carboxylic acid groups (broad SMARTS) is 1. The van der Waals surface area contributed by atoms with Crippen LogP contribution >= 0.6 is 0 Å². The molecule has 1 aromatic rings. The third-order valence-corrected chi connectivity index (χ3v) is 5.17. The minimum Gasteiger partial charge on any atom is -0.481 e. The molecule has 0 saturated carbocycles. The summed E-state index contributed by atoms with van der Waals surface area (Å²) in [4.78, 5) is 13.4. The highest BCUT2D eigenvalue weighted by Gasteiger charge is 2.29. The maximum atomic E-state index is 12.2. The topological polar surface area (TPSA) is 99.7 Å². The fourth-order valence-electron chi connectivity index (χ4n) is 2.17. The Kier molecular flexibility index (Phi) is 4.79. The summed E-state index contributed by atoms with van der Waals surface area (Å²) in [6.45, 7) is 0.959. The summed E-state index contributed by atoms with van der Waals surface area (Å²) < 4.78 is 31.4. The van der Waals surface area contributed by atoms with Gasteiger partial charge in [-0.15, -0.1) is 0 Å². The van der Waals surface area contributed by atoms with E-state index in [-0.39, 0.29) is 24.0 Å². The molecular formula is C12H18N2O5S. The third-order valence-electron chi connectivity index (χ3n) is 3.28. The number of aromatic nitrogens is 1. The highest BCUT2D eigenvalue weighted by atomic mass is 32.2. The first kappa shape index (κ1) is 15.0. The monoisotopic (exact) mass is 302 g/mol. The van der Waals surface area contributed by atoms with Gasteiger partial charge in [0, 0.05) is 25.5 Å². The lowest BCUT2D eigenvalue weighted by molar-refractivity contribution is -0.138. The standard InChI is InChI=1S/C12H18N2O5S/c15-12(16)4-8-19-10-2-6-14(7-3-10)20(17,18)11-1-5-13-9-11/h1,5,9-10,13H,2-4,6-8H2,(H,15,16). The Morgan fingerprint density at radius 3 is 2.70 bits per heavy atom. The Balaban J connectivity index is 1.84. The summed E-state index contributed by atoms with van der Waals surface area (Å²) in [5.74, 6) is -0.891. The lowest BCUT2D eigenvalue weighted by atomic mass is 10.1. The van der Waals surface area contributed by atoms with Crippen LogP contribution in [-0.4, -0.2) is 54.6 Å². The second-order valence-electron chi connectivity index (χ2n) is 4.66. The number of piperidine rings is 1. The van der Waals surface area contributed by atoms with Gasteiger partial charge in [-0.2, -0.15) is 4.31 Å². The van der Waals surface area contributed by atoms with Crippen molar-refractivity contribution in [1.29, 1.82) is 0 Å². The van der Waals surface area contributed by atoms with Crippen LogP contribution in [0.3, 0.4) is 0 Å². The van der Waals surface area contributed by atoms with E-state index in [0.29, 0.717) is 25.9 Å². The van der Waals surface area contributed by atoms with E-state index >= 15 is 0 Å². The normalized spacial score (nSPS) is 18.2. The number of hydrogen-bond acceptors (Lipinski definition) is 4. The molecule has 1 aromatic heterocycles. The Bertz CT molecular complexity index is 532. The number of nitrogens with one attached hydrogen (secondary N) is 1. The molecule has 1 fully saturated rings. The zero-order valence-corrected chi connectivity index (χ0v) is 11.8. The third kappa shape index (κ3) is 3.59. The quantitative estimate of drug-likeness (QED) is 0.804. The number of carbonyl (C=O) groups is 1. The summed E-state index contributed by atoms with van der Waals surface area (Å²) >= 11 is 0. The van der Waals surface area contributed by atoms with Gasteiger partial charge >= 0.3 is 5.97 Å². The lowest BCUT2D eigenvalue weighted by Gasteiger charge is -2.30. The van der Waals surface area contributed by atoms with Crippen molar-refractivity contribution < 1.29 is 23.1 Å². The van der Waals surface area contributed by atoms with Gasteiger partial charge in [0.25, 0.3) is 0 Å². The highest BCUT2D eigenvalue weighted by molar-refractivity contribution is 7.89. The minimum atomic E-state index is -3.42. The van der Waals surface area contributed by atoms with Crippen molar-refractivity contribution in [2.45, 2.75) is 30.3 Å². The van der Waals surface area contributed by atoms with Crippen LogP contribution in [0.15, 0.2) is 23.4 Å². The smallest absolute Gasteiger partial charge is 0.305 e. The first-order valence-electron chi connectivity index (χ1n) is 6.46. The molecule has 0 spiro atoms. The second kappa shape index (κ2) is 6.38. The van der Waals surface area contributed by atoms with Gasteiger partial charge in [-0.1, -0.05) is 0 Å². The molecule has 1 aliphatic rings. The predicted molar refractivity (Wildman–Crippen MR) is 70.8 cm³/mol. The summed E-state index contributed by atoms with van der Waals surface area (Å²) in [6.07, 6.45) is 4.13. The van der Waals surface area contributed by atoms with Crippen LogP contribution in [-0.2, 0) is 19.6 Å². The molecule has 0 amide bonds. The summed E-state index contributed by atoms with van der Waals surface area (Å²) in [5, 5.41) is 8.53. The van der Waals surface area contributed by atoms with Crippen molar-refractivity contribution >= 4 is 16.0 Å². The molecule has 7 nitrogen and oxygen atoms in total. The van der Waals surface area contributed by atoms with Crippen LogP contribution < -0.4 is 0 Å². The van der Waals surface area contributed by atoms with Crippen LogP contribution in [0, 0.1) is 0 Å². The number of carboxylic acids is 1.